The van der Waals surface area contributed by atoms with E-state index in [9.17, 15) is 18.0 Å². The number of halogens is 4. The summed E-state index contributed by atoms with van der Waals surface area (Å²) in [5.41, 5.74) is 5.84. The summed E-state index contributed by atoms with van der Waals surface area (Å²) in [6, 6.07) is 12.1. The number of rotatable bonds is 6. The van der Waals surface area contributed by atoms with Crippen molar-refractivity contribution in [1.29, 1.82) is 0 Å². The summed E-state index contributed by atoms with van der Waals surface area (Å²) in [4.78, 5) is 12.3. The number of carbonyl (C=O) groups is 1. The number of anilines is 1. The van der Waals surface area contributed by atoms with E-state index in [2.05, 4.69) is 5.32 Å². The molecule has 1 saturated carbocycles. The molecule has 0 heterocycles. The van der Waals surface area contributed by atoms with Crippen LogP contribution < -0.4 is 15.8 Å². The van der Waals surface area contributed by atoms with Gasteiger partial charge in [-0.05, 0) is 48.2 Å². The summed E-state index contributed by atoms with van der Waals surface area (Å²) in [6.07, 6.45) is -3.83. The minimum absolute atomic E-state index is 0. The Morgan fingerprint density at radius 2 is 1.89 bits per heavy atom. The summed E-state index contributed by atoms with van der Waals surface area (Å²) in [6.45, 7) is 0.823. The van der Waals surface area contributed by atoms with Gasteiger partial charge < -0.3 is 15.8 Å². The molecule has 0 saturated heterocycles. The molecular weight excluding hydrogens is 381 g/mol. The van der Waals surface area contributed by atoms with E-state index in [1.165, 1.54) is 6.07 Å². The molecule has 0 aliphatic heterocycles. The second kappa shape index (κ2) is 8.63. The van der Waals surface area contributed by atoms with Gasteiger partial charge in [-0.25, -0.2) is 0 Å². The van der Waals surface area contributed by atoms with Gasteiger partial charge in [-0.2, -0.15) is 13.2 Å². The first-order valence-electron chi connectivity index (χ1n) is 8.29. The largest absolute Gasteiger partial charge is 0.492 e. The molecule has 2 aromatic rings. The third-order valence-corrected chi connectivity index (χ3v) is 4.28. The summed E-state index contributed by atoms with van der Waals surface area (Å²) >= 11 is 0. The lowest BCUT2D eigenvalue weighted by molar-refractivity contribution is -0.137. The number of amides is 1. The van der Waals surface area contributed by atoms with Gasteiger partial charge in [0.25, 0.3) is 0 Å². The van der Waals surface area contributed by atoms with E-state index >= 15 is 0 Å². The molecule has 3 rings (SSSR count). The van der Waals surface area contributed by atoms with Crippen molar-refractivity contribution in [2.45, 2.75) is 18.5 Å². The Kier molecular flexibility index (Phi) is 6.73. The zero-order chi connectivity index (χ0) is 18.7. The average molecular weight is 401 g/mol. The minimum atomic E-state index is -4.38. The van der Waals surface area contributed by atoms with Gasteiger partial charge in [-0.3, -0.25) is 4.79 Å². The number of hydrogen-bond donors (Lipinski definition) is 2. The van der Waals surface area contributed by atoms with Crippen molar-refractivity contribution >= 4 is 24.0 Å². The van der Waals surface area contributed by atoms with Crippen molar-refractivity contribution in [3.63, 3.8) is 0 Å². The number of alkyl halides is 3. The zero-order valence-electron chi connectivity index (χ0n) is 14.3. The summed E-state index contributed by atoms with van der Waals surface area (Å²) in [5.74, 6) is -0.0270. The molecule has 0 aromatic heterocycles. The Labute approximate surface area is 161 Å². The molecule has 4 nitrogen and oxygen atoms in total. The van der Waals surface area contributed by atoms with E-state index in [4.69, 9.17) is 10.5 Å². The lowest BCUT2D eigenvalue weighted by atomic mass is 10.1. The highest BCUT2D eigenvalue weighted by Crippen LogP contribution is 2.48. The minimum Gasteiger partial charge on any atom is -0.492 e. The molecule has 0 bridgehead atoms. The highest BCUT2D eigenvalue weighted by atomic mass is 35.5. The van der Waals surface area contributed by atoms with E-state index in [-0.39, 0.29) is 30.2 Å². The maximum Gasteiger partial charge on any atom is 0.416 e. The summed E-state index contributed by atoms with van der Waals surface area (Å²) < 4.78 is 43.8. The SMILES string of the molecule is Cl.NCCOc1ccc(NC(=O)C2CC2c2cccc(C(F)(F)F)c2)cc1. The first kappa shape index (κ1) is 21.1. The molecule has 8 heteroatoms. The molecule has 27 heavy (non-hydrogen) atoms. The maximum atomic E-state index is 12.8. The molecule has 0 spiro atoms. The third kappa shape index (κ3) is 5.37. The number of carbonyl (C=O) groups excluding carboxylic acids is 1. The molecule has 1 amide bonds. The highest BCUT2D eigenvalue weighted by molar-refractivity contribution is 5.95. The number of nitrogens with one attached hydrogen (secondary N) is 1. The number of benzene rings is 2. The van der Waals surface area contributed by atoms with Crippen molar-refractivity contribution in [1.82, 2.24) is 0 Å². The van der Waals surface area contributed by atoms with Crippen LogP contribution in [0.5, 0.6) is 5.75 Å². The van der Waals surface area contributed by atoms with Gasteiger partial charge in [0.2, 0.25) is 5.91 Å². The zero-order valence-corrected chi connectivity index (χ0v) is 15.1. The van der Waals surface area contributed by atoms with E-state index in [0.29, 0.717) is 36.6 Å². The quantitative estimate of drug-likeness (QED) is 0.763. The standard InChI is InChI=1S/C19H19F3N2O2.ClH/c20-19(21,22)13-3-1-2-12(10-13)16-11-17(16)18(25)24-14-4-6-15(7-5-14)26-9-8-23;/h1-7,10,16-17H,8-9,11,23H2,(H,24,25);1H. The van der Waals surface area contributed by atoms with Crippen LogP contribution in [0.1, 0.15) is 23.5 Å². The predicted octanol–water partition coefficient (Wildman–Crippen LogP) is 4.21. The fourth-order valence-electron chi connectivity index (χ4n) is 2.85. The van der Waals surface area contributed by atoms with Crippen LogP contribution in [0.3, 0.4) is 0 Å². The molecule has 146 valence electrons. The summed E-state index contributed by atoms with van der Waals surface area (Å²) in [7, 11) is 0. The monoisotopic (exact) mass is 400 g/mol. The van der Waals surface area contributed by atoms with Crippen molar-refractivity contribution in [3.8, 4) is 5.75 Å². The van der Waals surface area contributed by atoms with Crippen molar-refractivity contribution in [2.24, 2.45) is 11.7 Å². The van der Waals surface area contributed by atoms with Gasteiger partial charge in [-0.1, -0.05) is 18.2 Å². The Morgan fingerprint density at radius 3 is 2.52 bits per heavy atom. The molecule has 2 aromatic carbocycles. The Bertz CT molecular complexity index is 781. The normalized spacial score (nSPS) is 18.4. The van der Waals surface area contributed by atoms with E-state index < -0.39 is 11.7 Å². The fraction of sp³-hybridized carbons (Fsp3) is 0.316. The van der Waals surface area contributed by atoms with Crippen LogP contribution in [0.25, 0.3) is 0 Å². The van der Waals surface area contributed by atoms with E-state index in [1.807, 2.05) is 0 Å². The van der Waals surface area contributed by atoms with Crippen LogP contribution in [0.2, 0.25) is 0 Å². The van der Waals surface area contributed by atoms with Crippen LogP contribution in [0.4, 0.5) is 18.9 Å². The molecule has 2 atom stereocenters. The number of nitrogens with two attached hydrogens (primary N) is 1. The van der Waals surface area contributed by atoms with Crippen LogP contribution >= 0.6 is 12.4 Å². The van der Waals surface area contributed by atoms with Gasteiger partial charge in [-0.15, -0.1) is 12.4 Å². The Hall–Kier alpha value is -2.25. The van der Waals surface area contributed by atoms with E-state index in [1.54, 1.807) is 30.3 Å². The topological polar surface area (TPSA) is 64.3 Å². The van der Waals surface area contributed by atoms with Crippen LogP contribution in [-0.4, -0.2) is 19.1 Å². The highest BCUT2D eigenvalue weighted by Gasteiger charge is 2.44. The Morgan fingerprint density at radius 1 is 1.19 bits per heavy atom. The van der Waals surface area contributed by atoms with Crippen LogP contribution in [-0.2, 0) is 11.0 Å². The molecule has 3 N–H and O–H groups in total. The van der Waals surface area contributed by atoms with Gasteiger partial charge in [0.15, 0.2) is 0 Å². The smallest absolute Gasteiger partial charge is 0.416 e. The number of hydrogen-bond acceptors (Lipinski definition) is 3. The maximum absolute atomic E-state index is 12.8. The molecule has 1 aliphatic carbocycles. The van der Waals surface area contributed by atoms with Crippen molar-refractivity contribution < 1.29 is 22.7 Å². The number of ether oxygens (including phenoxy) is 1. The van der Waals surface area contributed by atoms with Crippen molar-refractivity contribution in [2.75, 3.05) is 18.5 Å². The van der Waals surface area contributed by atoms with Gasteiger partial charge in [0, 0.05) is 18.2 Å². The lowest BCUT2D eigenvalue weighted by Gasteiger charge is -2.09. The lowest BCUT2D eigenvalue weighted by Crippen LogP contribution is -2.15. The van der Waals surface area contributed by atoms with Crippen LogP contribution in [0.15, 0.2) is 48.5 Å². The second-order valence-corrected chi connectivity index (χ2v) is 6.22. The summed E-state index contributed by atoms with van der Waals surface area (Å²) in [5, 5.41) is 2.79. The predicted molar refractivity (Wildman–Crippen MR) is 99.2 cm³/mol. The average Bonchev–Trinajstić information content (AvgIpc) is 3.41. The fourth-order valence-corrected chi connectivity index (χ4v) is 2.85. The second-order valence-electron chi connectivity index (χ2n) is 6.22. The van der Waals surface area contributed by atoms with Gasteiger partial charge in [0.1, 0.15) is 12.4 Å². The molecular formula is C19H20ClF3N2O2. The molecule has 1 fully saturated rings. The molecule has 1 aliphatic rings. The van der Waals surface area contributed by atoms with Gasteiger partial charge in [0.05, 0.1) is 5.56 Å². The first-order valence-corrected chi connectivity index (χ1v) is 8.29. The first-order chi connectivity index (χ1) is 12.4. The Balaban J connectivity index is 0.00000261. The third-order valence-electron chi connectivity index (χ3n) is 4.28. The molecule has 0 radical (unpaired) electrons. The van der Waals surface area contributed by atoms with E-state index in [0.717, 1.165) is 12.1 Å². The van der Waals surface area contributed by atoms with Crippen LogP contribution in [0, 0.1) is 5.92 Å². The van der Waals surface area contributed by atoms with Crippen molar-refractivity contribution in [3.05, 3.63) is 59.7 Å². The van der Waals surface area contributed by atoms with Gasteiger partial charge >= 0.3 is 6.18 Å². The molecule has 2 unspecified atom stereocenters.